The van der Waals surface area contributed by atoms with Gasteiger partial charge in [0.2, 0.25) is 0 Å². The van der Waals surface area contributed by atoms with Gasteiger partial charge in [0.15, 0.2) is 5.78 Å². The molecule has 19 heavy (non-hydrogen) atoms. The summed E-state index contributed by atoms with van der Waals surface area (Å²) in [5.41, 5.74) is 0.537. The van der Waals surface area contributed by atoms with Crippen molar-refractivity contribution in [2.45, 2.75) is 26.0 Å². The molecule has 1 fully saturated rings. The van der Waals surface area contributed by atoms with E-state index in [-0.39, 0.29) is 5.78 Å². The predicted octanol–water partition coefficient (Wildman–Crippen LogP) is 1.38. The molecule has 2 rings (SSSR count). The maximum atomic E-state index is 12.4. The van der Waals surface area contributed by atoms with Crippen LogP contribution in [0, 0.1) is 0 Å². The molecule has 0 saturated carbocycles. The zero-order valence-corrected chi connectivity index (χ0v) is 11.6. The standard InChI is InChI=1S/C14H20N2O3/c1-10(2)16-4-5-19-13(9-16)14(17)11-6-12(18-3)8-15-7-11/h6-8,10,13H,4-5,9H2,1-3H3. The van der Waals surface area contributed by atoms with Crippen LogP contribution >= 0.6 is 0 Å². The highest BCUT2D eigenvalue weighted by Crippen LogP contribution is 2.16. The lowest BCUT2D eigenvalue weighted by Gasteiger charge is -2.34. The number of morpholine rings is 1. The summed E-state index contributed by atoms with van der Waals surface area (Å²) in [5.74, 6) is 0.555. The van der Waals surface area contributed by atoms with Crippen LogP contribution in [-0.2, 0) is 4.74 Å². The van der Waals surface area contributed by atoms with Crippen LogP contribution < -0.4 is 4.74 Å². The third-order valence-electron chi connectivity index (χ3n) is 3.35. The molecule has 0 spiro atoms. The second-order valence-corrected chi connectivity index (χ2v) is 4.93. The number of rotatable bonds is 4. The van der Waals surface area contributed by atoms with E-state index in [1.54, 1.807) is 25.6 Å². The van der Waals surface area contributed by atoms with Gasteiger partial charge in [0, 0.05) is 30.9 Å². The lowest BCUT2D eigenvalue weighted by atomic mass is 10.1. The molecule has 0 bridgehead atoms. The Labute approximate surface area is 113 Å². The van der Waals surface area contributed by atoms with Crippen LogP contribution in [0.2, 0.25) is 0 Å². The molecule has 1 aliphatic rings. The van der Waals surface area contributed by atoms with Crippen LogP contribution in [0.15, 0.2) is 18.5 Å². The topological polar surface area (TPSA) is 51.7 Å². The van der Waals surface area contributed by atoms with Gasteiger partial charge in [-0.15, -0.1) is 0 Å². The van der Waals surface area contributed by atoms with E-state index in [1.165, 1.54) is 0 Å². The Kier molecular flexibility index (Phi) is 4.50. The highest BCUT2D eigenvalue weighted by Gasteiger charge is 2.28. The molecule has 104 valence electrons. The van der Waals surface area contributed by atoms with Gasteiger partial charge in [0.1, 0.15) is 11.9 Å². The summed E-state index contributed by atoms with van der Waals surface area (Å²) in [5, 5.41) is 0. The van der Waals surface area contributed by atoms with Crippen LogP contribution in [0.1, 0.15) is 24.2 Å². The van der Waals surface area contributed by atoms with E-state index in [0.717, 1.165) is 6.54 Å². The fourth-order valence-electron chi connectivity index (χ4n) is 2.15. The van der Waals surface area contributed by atoms with E-state index < -0.39 is 6.10 Å². The highest BCUT2D eigenvalue weighted by molar-refractivity contribution is 5.99. The second kappa shape index (κ2) is 6.12. The number of ketones is 1. The van der Waals surface area contributed by atoms with Crippen molar-refractivity contribution in [1.82, 2.24) is 9.88 Å². The van der Waals surface area contributed by atoms with Gasteiger partial charge in [-0.1, -0.05) is 0 Å². The number of carbonyl (C=O) groups excluding carboxylic acids is 1. The zero-order chi connectivity index (χ0) is 13.8. The molecule has 0 amide bonds. The van der Waals surface area contributed by atoms with Gasteiger partial charge >= 0.3 is 0 Å². The van der Waals surface area contributed by atoms with Gasteiger partial charge in [-0.05, 0) is 19.9 Å². The van der Waals surface area contributed by atoms with Crippen molar-refractivity contribution in [2.24, 2.45) is 0 Å². The van der Waals surface area contributed by atoms with Crippen molar-refractivity contribution in [3.8, 4) is 5.75 Å². The molecule has 5 nitrogen and oxygen atoms in total. The van der Waals surface area contributed by atoms with Crippen molar-refractivity contribution in [3.63, 3.8) is 0 Å². The average molecular weight is 264 g/mol. The summed E-state index contributed by atoms with van der Waals surface area (Å²) in [6, 6.07) is 2.12. The molecular weight excluding hydrogens is 244 g/mol. The smallest absolute Gasteiger partial charge is 0.194 e. The zero-order valence-electron chi connectivity index (χ0n) is 11.6. The summed E-state index contributed by atoms with van der Waals surface area (Å²) in [6.07, 6.45) is 2.73. The average Bonchev–Trinajstić information content (AvgIpc) is 2.46. The number of Topliss-reactive ketones (excluding diaryl/α,β-unsaturated/α-hetero) is 1. The van der Waals surface area contributed by atoms with E-state index in [1.807, 2.05) is 0 Å². The van der Waals surface area contributed by atoms with Gasteiger partial charge in [0.25, 0.3) is 0 Å². The number of ether oxygens (including phenoxy) is 2. The fraction of sp³-hybridized carbons (Fsp3) is 0.571. The first-order valence-electron chi connectivity index (χ1n) is 6.50. The number of aromatic nitrogens is 1. The molecule has 1 unspecified atom stereocenters. The maximum Gasteiger partial charge on any atom is 0.194 e. The van der Waals surface area contributed by atoms with Crippen molar-refractivity contribution < 1.29 is 14.3 Å². The van der Waals surface area contributed by atoms with E-state index in [0.29, 0.717) is 30.5 Å². The molecule has 0 aliphatic carbocycles. The molecule has 5 heteroatoms. The lowest BCUT2D eigenvalue weighted by molar-refractivity contribution is -0.0256. The number of methoxy groups -OCH3 is 1. The van der Waals surface area contributed by atoms with Crippen LogP contribution in [0.3, 0.4) is 0 Å². The van der Waals surface area contributed by atoms with Crippen molar-refractivity contribution >= 4 is 5.78 Å². The Hall–Kier alpha value is -1.46. The minimum absolute atomic E-state index is 0.0308. The number of hydrogen-bond acceptors (Lipinski definition) is 5. The van der Waals surface area contributed by atoms with Gasteiger partial charge in [-0.2, -0.15) is 0 Å². The van der Waals surface area contributed by atoms with Gasteiger partial charge in [-0.3, -0.25) is 14.7 Å². The first kappa shape index (κ1) is 14.0. The van der Waals surface area contributed by atoms with Crippen LogP contribution in [0.25, 0.3) is 0 Å². The van der Waals surface area contributed by atoms with E-state index in [4.69, 9.17) is 9.47 Å². The number of carbonyl (C=O) groups is 1. The molecule has 1 aromatic heterocycles. The molecular formula is C14H20N2O3. The molecule has 2 heterocycles. The van der Waals surface area contributed by atoms with Crippen molar-refractivity contribution in [1.29, 1.82) is 0 Å². The Morgan fingerprint density at radius 2 is 2.32 bits per heavy atom. The van der Waals surface area contributed by atoms with Gasteiger partial charge in [-0.25, -0.2) is 0 Å². The maximum absolute atomic E-state index is 12.4. The van der Waals surface area contributed by atoms with E-state index >= 15 is 0 Å². The van der Waals surface area contributed by atoms with E-state index in [9.17, 15) is 4.79 Å². The number of hydrogen-bond donors (Lipinski definition) is 0. The second-order valence-electron chi connectivity index (χ2n) is 4.93. The summed E-state index contributed by atoms with van der Waals surface area (Å²) in [4.78, 5) is 18.6. The van der Waals surface area contributed by atoms with Crippen LogP contribution in [-0.4, -0.2) is 54.6 Å². The summed E-state index contributed by atoms with van der Waals surface area (Å²) < 4.78 is 10.7. The highest BCUT2D eigenvalue weighted by atomic mass is 16.5. The minimum Gasteiger partial charge on any atom is -0.495 e. The Balaban J connectivity index is 2.10. The van der Waals surface area contributed by atoms with Gasteiger partial charge in [0.05, 0.1) is 19.9 Å². The third kappa shape index (κ3) is 3.30. The van der Waals surface area contributed by atoms with Crippen molar-refractivity contribution in [2.75, 3.05) is 26.8 Å². The van der Waals surface area contributed by atoms with E-state index in [2.05, 4.69) is 23.7 Å². The largest absolute Gasteiger partial charge is 0.495 e. The number of nitrogens with zero attached hydrogens (tertiary/aromatic N) is 2. The summed E-state index contributed by atoms with van der Waals surface area (Å²) >= 11 is 0. The molecule has 1 aromatic rings. The lowest BCUT2D eigenvalue weighted by Crippen LogP contribution is -2.48. The Morgan fingerprint density at radius 3 is 3.00 bits per heavy atom. The first-order chi connectivity index (χ1) is 9.11. The first-order valence-corrected chi connectivity index (χ1v) is 6.50. The third-order valence-corrected chi connectivity index (χ3v) is 3.35. The molecule has 1 atom stereocenters. The van der Waals surface area contributed by atoms with Crippen LogP contribution in [0.4, 0.5) is 0 Å². The fourth-order valence-corrected chi connectivity index (χ4v) is 2.15. The molecule has 1 saturated heterocycles. The Bertz CT molecular complexity index is 448. The van der Waals surface area contributed by atoms with Crippen molar-refractivity contribution in [3.05, 3.63) is 24.0 Å². The Morgan fingerprint density at radius 1 is 1.53 bits per heavy atom. The molecule has 0 aromatic carbocycles. The quantitative estimate of drug-likeness (QED) is 0.769. The normalized spacial score (nSPS) is 20.5. The molecule has 1 aliphatic heterocycles. The number of pyridine rings is 1. The SMILES string of the molecule is COc1cncc(C(=O)C2CN(C(C)C)CCO2)c1. The monoisotopic (exact) mass is 264 g/mol. The summed E-state index contributed by atoms with van der Waals surface area (Å²) in [6.45, 7) is 6.34. The van der Waals surface area contributed by atoms with Crippen LogP contribution in [0.5, 0.6) is 5.75 Å². The predicted molar refractivity (Wildman–Crippen MR) is 71.6 cm³/mol. The minimum atomic E-state index is -0.412. The molecule has 0 radical (unpaired) electrons. The summed E-state index contributed by atoms with van der Waals surface area (Å²) in [7, 11) is 1.56. The van der Waals surface area contributed by atoms with Gasteiger partial charge < -0.3 is 9.47 Å². The molecule has 0 N–H and O–H groups in total.